The van der Waals surface area contributed by atoms with E-state index in [1.165, 1.54) is 6.07 Å². The Hall–Kier alpha value is -2.05. The molecular weight excluding hydrogens is 233 g/mol. The molecule has 0 amide bonds. The molecule has 0 unspecified atom stereocenters. The molecule has 2 aliphatic rings. The predicted octanol–water partition coefficient (Wildman–Crippen LogP) is 3.16. The van der Waals surface area contributed by atoms with E-state index in [4.69, 9.17) is 0 Å². The van der Waals surface area contributed by atoms with Crippen molar-refractivity contribution in [1.29, 1.82) is 0 Å². The van der Waals surface area contributed by atoms with Crippen molar-refractivity contribution in [1.82, 2.24) is 0 Å². The van der Waals surface area contributed by atoms with Gasteiger partial charge in [-0.15, -0.1) is 5.11 Å². The van der Waals surface area contributed by atoms with Crippen LogP contribution in [0.25, 0.3) is 0 Å². The first kappa shape index (κ1) is 10.1. The van der Waals surface area contributed by atoms with Crippen LogP contribution in [0, 0.1) is 0 Å². The van der Waals surface area contributed by atoms with E-state index in [2.05, 4.69) is 15.5 Å². The molecular formula is C10H7F3N4. The molecule has 0 bridgehead atoms. The van der Waals surface area contributed by atoms with Crippen LogP contribution in [0.4, 0.5) is 24.5 Å². The smallest absolute Gasteiger partial charge is 0.357 e. The van der Waals surface area contributed by atoms with Gasteiger partial charge in [0.15, 0.2) is 5.82 Å². The largest absolute Gasteiger partial charge is 0.416 e. The number of benzene rings is 1. The van der Waals surface area contributed by atoms with Gasteiger partial charge >= 0.3 is 6.18 Å². The van der Waals surface area contributed by atoms with Crippen molar-refractivity contribution in [2.24, 2.45) is 10.2 Å². The van der Waals surface area contributed by atoms with Gasteiger partial charge in [-0.2, -0.15) is 18.3 Å². The first-order chi connectivity index (χ1) is 8.05. The van der Waals surface area contributed by atoms with Crippen LogP contribution in [-0.4, -0.2) is 6.67 Å². The third-order valence-corrected chi connectivity index (χ3v) is 2.63. The molecule has 0 atom stereocenters. The molecule has 2 heterocycles. The summed E-state index contributed by atoms with van der Waals surface area (Å²) in [4.78, 5) is 1.74. The molecule has 3 rings (SSSR count). The maximum atomic E-state index is 12.5. The summed E-state index contributed by atoms with van der Waals surface area (Å²) < 4.78 is 37.6. The van der Waals surface area contributed by atoms with E-state index >= 15 is 0 Å². The Morgan fingerprint density at radius 2 is 2.12 bits per heavy atom. The molecule has 0 spiro atoms. The number of hydrogen-bond acceptors (Lipinski definition) is 4. The minimum Gasteiger partial charge on any atom is -0.357 e. The standard InChI is InChI=1S/C10H7F3N4/c11-10(12,13)6-1-2-8-7(3-6)14-4-9-16-15-5-17(8)9/h1-4,14H,5H2. The van der Waals surface area contributed by atoms with E-state index in [0.29, 0.717) is 23.9 Å². The van der Waals surface area contributed by atoms with Crippen LogP contribution < -0.4 is 10.2 Å². The summed E-state index contributed by atoms with van der Waals surface area (Å²) in [6, 6.07) is 3.57. The first-order valence-electron chi connectivity index (χ1n) is 4.89. The molecule has 0 aromatic heterocycles. The molecule has 0 fully saturated rings. The highest BCUT2D eigenvalue weighted by molar-refractivity contribution is 5.77. The third kappa shape index (κ3) is 1.54. The van der Waals surface area contributed by atoms with Gasteiger partial charge < -0.3 is 5.32 Å². The second kappa shape index (κ2) is 3.22. The van der Waals surface area contributed by atoms with Crippen molar-refractivity contribution in [3.05, 3.63) is 35.8 Å². The Kier molecular flexibility index (Phi) is 1.92. The third-order valence-electron chi connectivity index (χ3n) is 2.63. The van der Waals surface area contributed by atoms with E-state index in [1.54, 1.807) is 11.1 Å². The van der Waals surface area contributed by atoms with Crippen molar-refractivity contribution < 1.29 is 13.2 Å². The van der Waals surface area contributed by atoms with Crippen molar-refractivity contribution >= 4 is 11.4 Å². The fourth-order valence-electron chi connectivity index (χ4n) is 1.81. The van der Waals surface area contributed by atoms with E-state index in [9.17, 15) is 13.2 Å². The van der Waals surface area contributed by atoms with Crippen molar-refractivity contribution in [3.63, 3.8) is 0 Å². The molecule has 1 aromatic rings. The number of azo groups is 1. The van der Waals surface area contributed by atoms with E-state index in [1.807, 2.05) is 0 Å². The van der Waals surface area contributed by atoms with Gasteiger partial charge in [-0.05, 0) is 18.2 Å². The Bertz CT molecular complexity index is 533. The van der Waals surface area contributed by atoms with Crippen molar-refractivity contribution in [2.45, 2.75) is 6.18 Å². The summed E-state index contributed by atoms with van der Waals surface area (Å²) in [7, 11) is 0. The van der Waals surface area contributed by atoms with Crippen LogP contribution in [-0.2, 0) is 6.18 Å². The lowest BCUT2D eigenvalue weighted by molar-refractivity contribution is -0.137. The molecule has 7 heteroatoms. The number of halogens is 3. The van der Waals surface area contributed by atoms with Crippen LogP contribution in [0.3, 0.4) is 0 Å². The maximum absolute atomic E-state index is 12.5. The van der Waals surface area contributed by atoms with Crippen LogP contribution in [0.15, 0.2) is 40.4 Å². The van der Waals surface area contributed by atoms with Gasteiger partial charge in [0.2, 0.25) is 0 Å². The molecule has 88 valence electrons. The van der Waals surface area contributed by atoms with Crippen LogP contribution in [0.5, 0.6) is 0 Å². The van der Waals surface area contributed by atoms with Gasteiger partial charge in [0.05, 0.1) is 16.9 Å². The first-order valence-corrected chi connectivity index (χ1v) is 4.89. The zero-order chi connectivity index (χ0) is 12.0. The lowest BCUT2D eigenvalue weighted by atomic mass is 10.1. The number of rotatable bonds is 0. The normalized spacial score (nSPS) is 17.4. The Morgan fingerprint density at radius 1 is 1.29 bits per heavy atom. The highest BCUT2D eigenvalue weighted by atomic mass is 19.4. The van der Waals surface area contributed by atoms with Gasteiger partial charge in [0.1, 0.15) is 6.67 Å². The molecule has 0 saturated carbocycles. The minimum atomic E-state index is -4.33. The number of hydrogen-bond donors (Lipinski definition) is 1. The highest BCUT2D eigenvalue weighted by Gasteiger charge is 2.32. The fraction of sp³-hybridized carbons (Fsp3) is 0.200. The lowest BCUT2D eigenvalue weighted by Crippen LogP contribution is -2.22. The van der Waals surface area contributed by atoms with Gasteiger partial charge in [0.25, 0.3) is 0 Å². The summed E-state index contributed by atoms with van der Waals surface area (Å²) in [6.45, 7) is 0.339. The molecule has 1 N–H and O–H groups in total. The fourth-order valence-corrected chi connectivity index (χ4v) is 1.81. The summed E-state index contributed by atoms with van der Waals surface area (Å²) in [5.41, 5.74) is 0.394. The predicted molar refractivity (Wildman–Crippen MR) is 55.4 cm³/mol. The Morgan fingerprint density at radius 3 is 2.88 bits per heavy atom. The number of alkyl halides is 3. The molecule has 1 aromatic carbocycles. The number of nitrogens with one attached hydrogen (secondary N) is 1. The SMILES string of the molecule is FC(F)(F)c1ccc2c(c1)NC=C1N=NCN12. The van der Waals surface area contributed by atoms with Gasteiger partial charge in [-0.3, -0.25) is 4.90 Å². The van der Waals surface area contributed by atoms with Crippen LogP contribution in [0.1, 0.15) is 5.56 Å². The van der Waals surface area contributed by atoms with Gasteiger partial charge in [-0.25, -0.2) is 0 Å². The van der Waals surface area contributed by atoms with E-state index < -0.39 is 11.7 Å². The molecule has 4 nitrogen and oxygen atoms in total. The Labute approximate surface area is 94.4 Å². The molecule has 0 radical (unpaired) electrons. The van der Waals surface area contributed by atoms with Gasteiger partial charge in [-0.1, -0.05) is 0 Å². The topological polar surface area (TPSA) is 40.0 Å². The minimum absolute atomic E-state index is 0.339. The summed E-state index contributed by atoms with van der Waals surface area (Å²) >= 11 is 0. The zero-order valence-electron chi connectivity index (χ0n) is 8.49. The maximum Gasteiger partial charge on any atom is 0.416 e. The zero-order valence-corrected chi connectivity index (χ0v) is 8.49. The average Bonchev–Trinajstić information content (AvgIpc) is 2.75. The number of anilines is 2. The molecule has 0 saturated heterocycles. The summed E-state index contributed by atoms with van der Waals surface area (Å²) in [5, 5.41) is 10.5. The van der Waals surface area contributed by atoms with E-state index in [0.717, 1.165) is 12.1 Å². The van der Waals surface area contributed by atoms with Crippen molar-refractivity contribution in [3.8, 4) is 0 Å². The van der Waals surface area contributed by atoms with Gasteiger partial charge in [0, 0.05) is 6.20 Å². The van der Waals surface area contributed by atoms with Crippen molar-refractivity contribution in [2.75, 3.05) is 16.9 Å². The number of fused-ring (bicyclic) bond motifs is 3. The van der Waals surface area contributed by atoms with Crippen LogP contribution >= 0.6 is 0 Å². The molecule has 2 aliphatic heterocycles. The summed E-state index contributed by atoms with van der Waals surface area (Å²) in [6.07, 6.45) is -2.79. The Balaban J connectivity index is 2.04. The monoisotopic (exact) mass is 240 g/mol. The quantitative estimate of drug-likeness (QED) is 0.756. The molecule has 17 heavy (non-hydrogen) atoms. The van der Waals surface area contributed by atoms with Crippen LogP contribution in [0.2, 0.25) is 0 Å². The lowest BCUT2D eigenvalue weighted by Gasteiger charge is -2.25. The average molecular weight is 240 g/mol. The van der Waals surface area contributed by atoms with E-state index in [-0.39, 0.29) is 0 Å². The summed E-state index contributed by atoms with van der Waals surface area (Å²) in [5.74, 6) is 0.609. The number of nitrogens with zero attached hydrogens (tertiary/aromatic N) is 3. The highest BCUT2D eigenvalue weighted by Crippen LogP contribution is 2.39. The second-order valence-electron chi connectivity index (χ2n) is 3.69. The molecule has 0 aliphatic carbocycles. The second-order valence-corrected chi connectivity index (χ2v) is 3.69.